The number of thiazole rings is 1. The van der Waals surface area contributed by atoms with E-state index in [0.29, 0.717) is 6.54 Å². The third-order valence-corrected chi connectivity index (χ3v) is 3.13. The van der Waals surface area contributed by atoms with Crippen LogP contribution in [0.1, 0.15) is 15.4 Å². The summed E-state index contributed by atoms with van der Waals surface area (Å²) in [5.41, 5.74) is 1.77. The molecule has 0 radical (unpaired) electrons. The Balaban J connectivity index is 2.03. The number of carboxylic acids is 1. The fourth-order valence-electron chi connectivity index (χ4n) is 1.52. The van der Waals surface area contributed by atoms with E-state index in [1.165, 1.54) is 11.3 Å². The van der Waals surface area contributed by atoms with Crippen LogP contribution in [0.3, 0.4) is 0 Å². The number of carbonyl (C=O) groups is 1. The van der Waals surface area contributed by atoms with Gasteiger partial charge < -0.3 is 9.84 Å². The number of hydrogen-bond donors (Lipinski definition) is 1. The van der Waals surface area contributed by atoms with Crippen LogP contribution in [0, 0.1) is 0 Å². The lowest BCUT2D eigenvalue weighted by molar-refractivity contribution is 0.0343. The smallest absolute Gasteiger partial charge is 0.355 e. The monoisotopic (exact) mass is 228 g/mol. The molecule has 0 atom stereocenters. The maximum Gasteiger partial charge on any atom is 0.355 e. The molecule has 1 fully saturated rings. The molecular formula is C9H12N2O3S. The van der Waals surface area contributed by atoms with Gasteiger partial charge in [-0.1, -0.05) is 0 Å². The molecule has 2 rings (SSSR count). The molecule has 6 heteroatoms. The van der Waals surface area contributed by atoms with Crippen LogP contribution in [0.15, 0.2) is 5.51 Å². The van der Waals surface area contributed by atoms with Crippen molar-refractivity contribution in [3.05, 3.63) is 16.1 Å². The van der Waals surface area contributed by atoms with Gasteiger partial charge in [0.05, 0.1) is 23.6 Å². The Bertz CT molecular complexity index is 347. The fraction of sp³-hybridized carbons (Fsp3) is 0.556. The average Bonchev–Trinajstić information content (AvgIpc) is 2.67. The Morgan fingerprint density at radius 1 is 1.60 bits per heavy atom. The molecule has 1 saturated heterocycles. The normalized spacial score (nSPS) is 17.9. The van der Waals surface area contributed by atoms with Gasteiger partial charge in [-0.25, -0.2) is 9.78 Å². The molecule has 1 aliphatic heterocycles. The van der Waals surface area contributed by atoms with E-state index in [4.69, 9.17) is 9.84 Å². The van der Waals surface area contributed by atoms with Crippen LogP contribution in [0.25, 0.3) is 0 Å². The standard InChI is InChI=1S/C9H12N2O3S/c12-9(13)8-7(15-6-10-8)5-11-1-3-14-4-2-11/h6H,1-5H2,(H,12,13). The topological polar surface area (TPSA) is 62.7 Å². The highest BCUT2D eigenvalue weighted by molar-refractivity contribution is 7.09. The van der Waals surface area contributed by atoms with Gasteiger partial charge in [-0.05, 0) is 0 Å². The summed E-state index contributed by atoms with van der Waals surface area (Å²) < 4.78 is 5.23. The van der Waals surface area contributed by atoms with E-state index in [1.54, 1.807) is 5.51 Å². The van der Waals surface area contributed by atoms with Gasteiger partial charge >= 0.3 is 5.97 Å². The SMILES string of the molecule is O=C(O)c1ncsc1CN1CCOCC1. The molecule has 1 N–H and O–H groups in total. The van der Waals surface area contributed by atoms with Crippen molar-refractivity contribution >= 4 is 17.3 Å². The molecule has 5 nitrogen and oxygen atoms in total. The maximum atomic E-state index is 10.8. The van der Waals surface area contributed by atoms with Crippen molar-refractivity contribution in [3.8, 4) is 0 Å². The summed E-state index contributed by atoms with van der Waals surface area (Å²) >= 11 is 1.40. The Morgan fingerprint density at radius 3 is 3.00 bits per heavy atom. The number of ether oxygens (including phenoxy) is 1. The minimum atomic E-state index is -0.945. The van der Waals surface area contributed by atoms with Gasteiger partial charge in [0.2, 0.25) is 0 Å². The van der Waals surface area contributed by atoms with E-state index < -0.39 is 5.97 Å². The minimum Gasteiger partial charge on any atom is -0.476 e. The molecule has 2 heterocycles. The molecule has 1 aliphatic rings. The van der Waals surface area contributed by atoms with Crippen molar-refractivity contribution in [1.82, 2.24) is 9.88 Å². The molecule has 0 aromatic carbocycles. The first kappa shape index (κ1) is 10.5. The number of nitrogens with zero attached hydrogens (tertiary/aromatic N) is 2. The summed E-state index contributed by atoms with van der Waals surface area (Å²) in [5.74, 6) is -0.945. The van der Waals surface area contributed by atoms with E-state index in [1.807, 2.05) is 0 Å². The molecule has 0 spiro atoms. The largest absolute Gasteiger partial charge is 0.476 e. The molecule has 0 bridgehead atoms. The zero-order valence-electron chi connectivity index (χ0n) is 8.18. The van der Waals surface area contributed by atoms with Gasteiger partial charge in [0.15, 0.2) is 5.69 Å². The van der Waals surface area contributed by atoms with Crippen LogP contribution < -0.4 is 0 Å². The number of morpholine rings is 1. The number of carboxylic acid groups (broad SMARTS) is 1. The average molecular weight is 228 g/mol. The zero-order chi connectivity index (χ0) is 10.7. The first-order valence-corrected chi connectivity index (χ1v) is 5.61. The quantitative estimate of drug-likeness (QED) is 0.824. The van der Waals surface area contributed by atoms with E-state index in [-0.39, 0.29) is 5.69 Å². The predicted molar refractivity (Wildman–Crippen MR) is 55.2 cm³/mol. The van der Waals surface area contributed by atoms with Crippen LogP contribution in [0.4, 0.5) is 0 Å². The van der Waals surface area contributed by atoms with Crippen molar-refractivity contribution in [1.29, 1.82) is 0 Å². The van der Waals surface area contributed by atoms with Crippen molar-refractivity contribution in [2.45, 2.75) is 6.54 Å². The number of rotatable bonds is 3. The fourth-order valence-corrected chi connectivity index (χ4v) is 2.31. The van der Waals surface area contributed by atoms with Crippen molar-refractivity contribution < 1.29 is 14.6 Å². The Morgan fingerprint density at radius 2 is 2.33 bits per heavy atom. The molecule has 0 unspecified atom stereocenters. The van der Waals surface area contributed by atoms with Gasteiger partial charge in [-0.2, -0.15) is 0 Å². The lowest BCUT2D eigenvalue weighted by Gasteiger charge is -2.25. The lowest BCUT2D eigenvalue weighted by atomic mass is 10.3. The van der Waals surface area contributed by atoms with E-state index >= 15 is 0 Å². The summed E-state index contributed by atoms with van der Waals surface area (Å²) in [6.45, 7) is 3.83. The van der Waals surface area contributed by atoms with Gasteiger partial charge in [0, 0.05) is 19.6 Å². The highest BCUT2D eigenvalue weighted by atomic mass is 32.1. The Kier molecular flexibility index (Phi) is 3.30. The number of hydrogen-bond acceptors (Lipinski definition) is 5. The summed E-state index contributed by atoms with van der Waals surface area (Å²) in [7, 11) is 0. The Labute approximate surface area is 91.3 Å². The number of aromatic nitrogens is 1. The van der Waals surface area contributed by atoms with E-state index in [0.717, 1.165) is 31.2 Å². The lowest BCUT2D eigenvalue weighted by Crippen LogP contribution is -2.35. The summed E-state index contributed by atoms with van der Waals surface area (Å²) in [6, 6.07) is 0. The molecule has 0 amide bonds. The molecule has 0 saturated carbocycles. The summed E-state index contributed by atoms with van der Waals surface area (Å²) in [5, 5.41) is 8.88. The first-order chi connectivity index (χ1) is 7.27. The minimum absolute atomic E-state index is 0.187. The number of aromatic carboxylic acids is 1. The van der Waals surface area contributed by atoms with Crippen molar-refractivity contribution in [2.75, 3.05) is 26.3 Å². The van der Waals surface area contributed by atoms with Gasteiger partial charge in [-0.15, -0.1) is 11.3 Å². The van der Waals surface area contributed by atoms with Gasteiger partial charge in [-0.3, -0.25) is 4.90 Å². The van der Waals surface area contributed by atoms with Crippen LogP contribution >= 0.6 is 11.3 Å². The molecule has 82 valence electrons. The predicted octanol–water partition coefficient (Wildman–Crippen LogP) is 0.673. The van der Waals surface area contributed by atoms with E-state index in [2.05, 4.69) is 9.88 Å². The van der Waals surface area contributed by atoms with Crippen LogP contribution in [0.2, 0.25) is 0 Å². The maximum absolute atomic E-state index is 10.8. The second-order valence-electron chi connectivity index (χ2n) is 3.32. The molecular weight excluding hydrogens is 216 g/mol. The molecule has 15 heavy (non-hydrogen) atoms. The van der Waals surface area contributed by atoms with Crippen molar-refractivity contribution in [2.24, 2.45) is 0 Å². The highest BCUT2D eigenvalue weighted by Crippen LogP contribution is 2.16. The van der Waals surface area contributed by atoms with Crippen LogP contribution in [0.5, 0.6) is 0 Å². The molecule has 0 aliphatic carbocycles. The molecule has 1 aromatic rings. The third kappa shape index (κ3) is 2.53. The highest BCUT2D eigenvalue weighted by Gasteiger charge is 2.17. The van der Waals surface area contributed by atoms with Crippen LogP contribution in [-0.2, 0) is 11.3 Å². The third-order valence-electron chi connectivity index (χ3n) is 2.31. The van der Waals surface area contributed by atoms with E-state index in [9.17, 15) is 4.79 Å². The van der Waals surface area contributed by atoms with Gasteiger partial charge in [0.25, 0.3) is 0 Å². The Hall–Kier alpha value is -0.980. The second kappa shape index (κ2) is 4.69. The first-order valence-electron chi connectivity index (χ1n) is 4.73. The van der Waals surface area contributed by atoms with Gasteiger partial charge in [0.1, 0.15) is 0 Å². The van der Waals surface area contributed by atoms with Crippen LogP contribution in [-0.4, -0.2) is 47.3 Å². The summed E-state index contributed by atoms with van der Waals surface area (Å²) in [6.07, 6.45) is 0. The van der Waals surface area contributed by atoms with Crippen molar-refractivity contribution in [3.63, 3.8) is 0 Å². The molecule has 1 aromatic heterocycles. The zero-order valence-corrected chi connectivity index (χ0v) is 9.00. The summed E-state index contributed by atoms with van der Waals surface area (Å²) in [4.78, 5) is 17.7. The second-order valence-corrected chi connectivity index (χ2v) is 4.26.